The van der Waals surface area contributed by atoms with Crippen LogP contribution in [0.25, 0.3) is 11.1 Å². The first-order valence-corrected chi connectivity index (χ1v) is 7.08. The van der Waals surface area contributed by atoms with Crippen LogP contribution in [0.3, 0.4) is 0 Å². The second kappa shape index (κ2) is 8.36. The van der Waals surface area contributed by atoms with E-state index in [1.165, 1.54) is 0 Å². The molecular formula is C15H21Cl2N3O2. The van der Waals surface area contributed by atoms with Gasteiger partial charge in [0.1, 0.15) is 5.52 Å². The molecule has 1 atom stereocenters. The summed E-state index contributed by atoms with van der Waals surface area (Å²) in [4.78, 5) is 18.6. The summed E-state index contributed by atoms with van der Waals surface area (Å²) in [6.45, 7) is 4.60. The second-order valence-electron chi connectivity index (χ2n) is 5.22. The van der Waals surface area contributed by atoms with Crippen molar-refractivity contribution >= 4 is 41.8 Å². The van der Waals surface area contributed by atoms with Crippen molar-refractivity contribution in [3.05, 3.63) is 30.2 Å². The zero-order valence-corrected chi connectivity index (χ0v) is 14.1. The largest absolute Gasteiger partial charge is 0.441 e. The van der Waals surface area contributed by atoms with E-state index < -0.39 is 0 Å². The molecule has 1 amide bonds. The maximum Gasteiger partial charge on any atom is 0.223 e. The fourth-order valence-electron chi connectivity index (χ4n) is 2.60. The maximum atomic E-state index is 12.2. The van der Waals surface area contributed by atoms with E-state index in [4.69, 9.17) is 4.42 Å². The smallest absolute Gasteiger partial charge is 0.223 e. The molecule has 5 nitrogen and oxygen atoms in total. The lowest BCUT2D eigenvalue weighted by Crippen LogP contribution is -2.52. The molecule has 7 heteroatoms. The number of fused-ring (bicyclic) bond motifs is 1. The molecule has 0 unspecified atom stereocenters. The summed E-state index contributed by atoms with van der Waals surface area (Å²) in [6, 6.07) is 7.93. The minimum atomic E-state index is 0. The van der Waals surface area contributed by atoms with Crippen LogP contribution >= 0.6 is 24.8 Å². The van der Waals surface area contributed by atoms with E-state index in [1.807, 2.05) is 29.2 Å². The first-order valence-electron chi connectivity index (χ1n) is 7.08. The number of amides is 1. The number of piperazine rings is 1. The number of oxazole rings is 1. The Balaban J connectivity index is 0.00000121. The van der Waals surface area contributed by atoms with Gasteiger partial charge in [-0.2, -0.15) is 0 Å². The number of carbonyl (C=O) groups excluding carboxylic acids is 1. The van der Waals surface area contributed by atoms with E-state index in [0.717, 1.165) is 30.7 Å². The quantitative estimate of drug-likeness (QED) is 0.927. The van der Waals surface area contributed by atoms with Gasteiger partial charge in [0, 0.05) is 38.5 Å². The van der Waals surface area contributed by atoms with Crippen LogP contribution in [-0.4, -0.2) is 41.5 Å². The lowest BCUT2D eigenvalue weighted by Gasteiger charge is -2.34. The van der Waals surface area contributed by atoms with Crippen LogP contribution < -0.4 is 5.32 Å². The predicted octanol–water partition coefficient (Wildman–Crippen LogP) is 2.42. The van der Waals surface area contributed by atoms with Gasteiger partial charge < -0.3 is 14.6 Å². The van der Waals surface area contributed by atoms with Gasteiger partial charge in [0.2, 0.25) is 5.91 Å². The van der Waals surface area contributed by atoms with Crippen LogP contribution in [0.2, 0.25) is 0 Å². The minimum Gasteiger partial charge on any atom is -0.441 e. The summed E-state index contributed by atoms with van der Waals surface area (Å²) >= 11 is 0. The number of hydrogen-bond donors (Lipinski definition) is 1. The van der Waals surface area contributed by atoms with Crippen molar-refractivity contribution in [2.45, 2.75) is 25.8 Å². The summed E-state index contributed by atoms with van der Waals surface area (Å²) < 4.78 is 5.64. The number of carbonyl (C=O) groups is 1. The van der Waals surface area contributed by atoms with Crippen LogP contribution in [0.5, 0.6) is 0 Å². The number of halogens is 2. The third-order valence-electron chi connectivity index (χ3n) is 3.71. The third-order valence-corrected chi connectivity index (χ3v) is 3.71. The number of aromatic nitrogens is 1. The van der Waals surface area contributed by atoms with Crippen LogP contribution in [0.15, 0.2) is 28.7 Å². The number of nitrogens with zero attached hydrogens (tertiary/aromatic N) is 2. The molecule has 2 heterocycles. The highest BCUT2D eigenvalue weighted by atomic mass is 35.5. The Morgan fingerprint density at radius 1 is 1.41 bits per heavy atom. The summed E-state index contributed by atoms with van der Waals surface area (Å²) in [5.41, 5.74) is 1.64. The predicted molar refractivity (Wildman–Crippen MR) is 90.9 cm³/mol. The molecule has 2 aromatic rings. The van der Waals surface area contributed by atoms with Crippen LogP contribution in [0.4, 0.5) is 0 Å². The monoisotopic (exact) mass is 345 g/mol. The van der Waals surface area contributed by atoms with Crippen molar-refractivity contribution in [1.29, 1.82) is 0 Å². The van der Waals surface area contributed by atoms with Crippen molar-refractivity contribution in [3.8, 4) is 0 Å². The molecule has 0 saturated carbocycles. The number of aryl methyl sites for hydroxylation is 1. The van der Waals surface area contributed by atoms with E-state index >= 15 is 0 Å². The van der Waals surface area contributed by atoms with Gasteiger partial charge in [-0.1, -0.05) is 12.1 Å². The highest BCUT2D eigenvalue weighted by Crippen LogP contribution is 2.16. The van der Waals surface area contributed by atoms with Gasteiger partial charge >= 0.3 is 0 Å². The van der Waals surface area contributed by atoms with E-state index in [1.54, 1.807) is 0 Å². The number of rotatable bonds is 3. The minimum absolute atomic E-state index is 0. The van der Waals surface area contributed by atoms with E-state index in [0.29, 0.717) is 18.7 Å². The zero-order valence-electron chi connectivity index (χ0n) is 12.4. The van der Waals surface area contributed by atoms with Gasteiger partial charge in [0.15, 0.2) is 11.5 Å². The molecule has 1 saturated heterocycles. The highest BCUT2D eigenvalue weighted by molar-refractivity contribution is 5.85. The fourth-order valence-corrected chi connectivity index (χ4v) is 2.60. The average molecular weight is 346 g/mol. The first kappa shape index (κ1) is 18.7. The maximum absolute atomic E-state index is 12.2. The SMILES string of the molecule is C[C@@H]1CNCCN1C(=O)CCc1nc2ccccc2o1.Cl.Cl. The highest BCUT2D eigenvalue weighted by Gasteiger charge is 2.22. The molecule has 0 radical (unpaired) electrons. The number of para-hydroxylation sites is 2. The van der Waals surface area contributed by atoms with Gasteiger partial charge in [0.25, 0.3) is 0 Å². The van der Waals surface area contributed by atoms with Gasteiger partial charge in [-0.15, -0.1) is 24.8 Å². The standard InChI is InChI=1S/C15H19N3O2.2ClH/c1-11-10-16-8-9-18(11)15(19)7-6-14-17-12-4-2-3-5-13(12)20-14;;/h2-5,11,16H,6-10H2,1H3;2*1H/t11-;;/m1../s1. The molecule has 22 heavy (non-hydrogen) atoms. The molecule has 0 aliphatic carbocycles. The normalized spacial score (nSPS) is 17.7. The molecule has 3 rings (SSSR count). The van der Waals surface area contributed by atoms with E-state index in [9.17, 15) is 4.79 Å². The third kappa shape index (κ3) is 4.12. The molecule has 1 fully saturated rings. The van der Waals surface area contributed by atoms with Crippen molar-refractivity contribution < 1.29 is 9.21 Å². The Morgan fingerprint density at radius 3 is 2.91 bits per heavy atom. The Labute approximate surface area is 142 Å². The first-order chi connectivity index (χ1) is 9.74. The van der Waals surface area contributed by atoms with Gasteiger partial charge in [-0.25, -0.2) is 4.98 Å². The van der Waals surface area contributed by atoms with Crippen molar-refractivity contribution in [2.75, 3.05) is 19.6 Å². The second-order valence-corrected chi connectivity index (χ2v) is 5.22. The fraction of sp³-hybridized carbons (Fsp3) is 0.467. The van der Waals surface area contributed by atoms with Gasteiger partial charge in [0.05, 0.1) is 0 Å². The summed E-state index contributed by atoms with van der Waals surface area (Å²) in [6.07, 6.45) is 1.02. The lowest BCUT2D eigenvalue weighted by molar-refractivity contribution is -0.134. The van der Waals surface area contributed by atoms with Crippen molar-refractivity contribution in [3.63, 3.8) is 0 Å². The van der Waals surface area contributed by atoms with Crippen molar-refractivity contribution in [1.82, 2.24) is 15.2 Å². The molecule has 0 spiro atoms. The number of nitrogens with one attached hydrogen (secondary N) is 1. The number of hydrogen-bond acceptors (Lipinski definition) is 4. The molecule has 0 bridgehead atoms. The molecular weight excluding hydrogens is 325 g/mol. The molecule has 1 aliphatic rings. The Hall–Kier alpha value is -1.30. The average Bonchev–Trinajstić information content (AvgIpc) is 2.88. The van der Waals surface area contributed by atoms with Crippen LogP contribution in [0.1, 0.15) is 19.2 Å². The van der Waals surface area contributed by atoms with Crippen LogP contribution in [0, 0.1) is 0 Å². The Bertz CT molecular complexity index is 585. The summed E-state index contributed by atoms with van der Waals surface area (Å²) in [5.74, 6) is 0.823. The van der Waals surface area contributed by atoms with Crippen molar-refractivity contribution in [2.24, 2.45) is 0 Å². The molecule has 1 aliphatic heterocycles. The lowest BCUT2D eigenvalue weighted by atomic mass is 10.2. The van der Waals surface area contributed by atoms with Crippen LogP contribution in [-0.2, 0) is 11.2 Å². The molecule has 1 N–H and O–H groups in total. The van der Waals surface area contributed by atoms with E-state index in [2.05, 4.69) is 17.2 Å². The van der Waals surface area contributed by atoms with E-state index in [-0.39, 0.29) is 36.8 Å². The number of benzene rings is 1. The summed E-state index contributed by atoms with van der Waals surface area (Å²) in [5, 5.41) is 3.29. The van der Waals surface area contributed by atoms with Gasteiger partial charge in [-0.05, 0) is 19.1 Å². The molecule has 122 valence electrons. The van der Waals surface area contributed by atoms with Gasteiger partial charge in [-0.3, -0.25) is 4.79 Å². The summed E-state index contributed by atoms with van der Waals surface area (Å²) in [7, 11) is 0. The topological polar surface area (TPSA) is 58.4 Å². The Kier molecular flexibility index (Phi) is 7.13. The zero-order chi connectivity index (χ0) is 13.9. The molecule has 1 aromatic heterocycles. The molecule has 1 aromatic carbocycles. The Morgan fingerprint density at radius 2 is 2.18 bits per heavy atom.